The first kappa shape index (κ1) is 10.8. The summed E-state index contributed by atoms with van der Waals surface area (Å²) in [5.74, 6) is 0.871. The van der Waals surface area contributed by atoms with Crippen molar-refractivity contribution in [2.45, 2.75) is 44.7 Å². The van der Waals surface area contributed by atoms with E-state index in [9.17, 15) is 0 Å². The fourth-order valence-corrected chi connectivity index (χ4v) is 3.66. The van der Waals surface area contributed by atoms with Gasteiger partial charge in [0.2, 0.25) is 0 Å². The molecule has 1 aliphatic carbocycles. The Morgan fingerprint density at radius 1 is 1.12 bits per heavy atom. The largest absolute Gasteiger partial charge is 0.306 e. The summed E-state index contributed by atoms with van der Waals surface area (Å²) in [6.45, 7) is 1.05. The summed E-state index contributed by atoms with van der Waals surface area (Å²) in [4.78, 5) is 0. The third kappa shape index (κ3) is 1.93. The van der Waals surface area contributed by atoms with Crippen molar-refractivity contribution in [3.8, 4) is 0 Å². The molecule has 1 heterocycles. The lowest BCUT2D eigenvalue weighted by molar-refractivity contribution is 0.282. The second-order valence-electron chi connectivity index (χ2n) is 5.10. The van der Waals surface area contributed by atoms with Gasteiger partial charge in [0.05, 0.1) is 0 Å². The van der Waals surface area contributed by atoms with Gasteiger partial charge in [0, 0.05) is 17.1 Å². The Labute approximate surface area is 106 Å². The Bertz CT molecular complexity index is 382. The van der Waals surface area contributed by atoms with Crippen LogP contribution < -0.4 is 5.32 Å². The maximum absolute atomic E-state index is 3.70. The number of nitrogens with one attached hydrogen (secondary N) is 1. The summed E-state index contributed by atoms with van der Waals surface area (Å²) in [6.07, 6.45) is 7.11. The SMILES string of the molecule is Brc1ccc2c(c1)CNC2C1CCCCC1. The molecule has 1 aromatic rings. The minimum Gasteiger partial charge on any atom is -0.306 e. The van der Waals surface area contributed by atoms with Gasteiger partial charge in [-0.2, -0.15) is 0 Å². The molecule has 0 saturated heterocycles. The van der Waals surface area contributed by atoms with Crippen LogP contribution in [0.3, 0.4) is 0 Å². The van der Waals surface area contributed by atoms with Crippen molar-refractivity contribution in [1.29, 1.82) is 0 Å². The van der Waals surface area contributed by atoms with E-state index >= 15 is 0 Å². The van der Waals surface area contributed by atoms with E-state index in [4.69, 9.17) is 0 Å². The van der Waals surface area contributed by atoms with Crippen LogP contribution in [0, 0.1) is 5.92 Å². The van der Waals surface area contributed by atoms with E-state index in [1.165, 1.54) is 42.1 Å². The summed E-state index contributed by atoms with van der Waals surface area (Å²) >= 11 is 3.55. The smallest absolute Gasteiger partial charge is 0.0354 e. The van der Waals surface area contributed by atoms with Crippen LogP contribution in [-0.2, 0) is 6.54 Å². The molecule has 1 N–H and O–H groups in total. The molecule has 16 heavy (non-hydrogen) atoms. The standard InChI is InChI=1S/C14H18BrN/c15-12-6-7-13-11(8-12)9-16-14(13)10-4-2-1-3-5-10/h6-8,10,14,16H,1-5,9H2. The molecule has 1 saturated carbocycles. The fourth-order valence-electron chi connectivity index (χ4n) is 3.25. The molecule has 1 aliphatic heterocycles. The lowest BCUT2D eigenvalue weighted by atomic mass is 9.81. The molecule has 3 rings (SSSR count). The molecular formula is C14H18BrN. The molecule has 1 aromatic carbocycles. The van der Waals surface area contributed by atoms with Crippen molar-refractivity contribution in [3.05, 3.63) is 33.8 Å². The van der Waals surface area contributed by atoms with Crippen LogP contribution in [0.5, 0.6) is 0 Å². The molecule has 1 nitrogen and oxygen atoms in total. The maximum atomic E-state index is 3.70. The van der Waals surface area contributed by atoms with Crippen molar-refractivity contribution in [1.82, 2.24) is 5.32 Å². The molecule has 1 unspecified atom stereocenters. The first-order valence-corrected chi connectivity index (χ1v) is 7.15. The fraction of sp³-hybridized carbons (Fsp3) is 0.571. The van der Waals surface area contributed by atoms with E-state index in [1.807, 2.05) is 0 Å². The number of hydrogen-bond donors (Lipinski definition) is 1. The summed E-state index contributed by atoms with van der Waals surface area (Å²) in [6, 6.07) is 7.38. The van der Waals surface area contributed by atoms with Gasteiger partial charge in [-0.05, 0) is 42.0 Å². The van der Waals surface area contributed by atoms with Crippen LogP contribution in [0.1, 0.15) is 49.3 Å². The molecule has 0 bridgehead atoms. The third-order valence-electron chi connectivity index (χ3n) is 4.07. The van der Waals surface area contributed by atoms with E-state index in [0.717, 1.165) is 12.5 Å². The Morgan fingerprint density at radius 3 is 2.75 bits per heavy atom. The zero-order chi connectivity index (χ0) is 11.0. The Kier molecular flexibility index (Phi) is 3.03. The number of hydrogen-bond acceptors (Lipinski definition) is 1. The zero-order valence-electron chi connectivity index (χ0n) is 9.51. The van der Waals surface area contributed by atoms with Gasteiger partial charge in [-0.3, -0.25) is 0 Å². The van der Waals surface area contributed by atoms with Crippen LogP contribution in [0.25, 0.3) is 0 Å². The van der Waals surface area contributed by atoms with E-state index in [-0.39, 0.29) is 0 Å². The minimum atomic E-state index is 0.628. The normalized spacial score (nSPS) is 25.7. The molecule has 0 radical (unpaired) electrons. The predicted molar refractivity (Wildman–Crippen MR) is 70.3 cm³/mol. The average Bonchev–Trinajstić information content (AvgIpc) is 2.73. The monoisotopic (exact) mass is 279 g/mol. The minimum absolute atomic E-state index is 0.628. The van der Waals surface area contributed by atoms with Crippen molar-refractivity contribution < 1.29 is 0 Å². The molecule has 86 valence electrons. The second kappa shape index (κ2) is 4.50. The highest BCUT2D eigenvalue weighted by Gasteiger charge is 2.30. The highest BCUT2D eigenvalue weighted by atomic mass is 79.9. The van der Waals surface area contributed by atoms with E-state index in [1.54, 1.807) is 5.56 Å². The van der Waals surface area contributed by atoms with E-state index in [2.05, 4.69) is 39.4 Å². The van der Waals surface area contributed by atoms with Gasteiger partial charge in [0.1, 0.15) is 0 Å². The van der Waals surface area contributed by atoms with Gasteiger partial charge in [-0.1, -0.05) is 41.3 Å². The van der Waals surface area contributed by atoms with Crippen LogP contribution in [0.2, 0.25) is 0 Å². The molecule has 2 aliphatic rings. The number of fused-ring (bicyclic) bond motifs is 1. The third-order valence-corrected chi connectivity index (χ3v) is 4.57. The molecule has 0 aromatic heterocycles. The van der Waals surface area contributed by atoms with Crippen LogP contribution >= 0.6 is 15.9 Å². The highest BCUT2D eigenvalue weighted by Crippen LogP contribution is 2.39. The molecule has 1 atom stereocenters. The predicted octanol–water partition coefficient (Wildman–Crippen LogP) is 4.17. The molecular weight excluding hydrogens is 262 g/mol. The van der Waals surface area contributed by atoms with Crippen molar-refractivity contribution in [2.24, 2.45) is 5.92 Å². The van der Waals surface area contributed by atoms with Gasteiger partial charge in [-0.15, -0.1) is 0 Å². The van der Waals surface area contributed by atoms with E-state index in [0.29, 0.717) is 6.04 Å². The molecule has 0 amide bonds. The summed E-state index contributed by atoms with van der Waals surface area (Å²) in [5, 5.41) is 3.70. The van der Waals surface area contributed by atoms with Gasteiger partial charge in [0.25, 0.3) is 0 Å². The van der Waals surface area contributed by atoms with Crippen LogP contribution in [0.4, 0.5) is 0 Å². The first-order chi connectivity index (χ1) is 7.84. The Hall–Kier alpha value is -0.340. The molecule has 1 fully saturated rings. The van der Waals surface area contributed by atoms with Gasteiger partial charge in [-0.25, -0.2) is 0 Å². The Balaban J connectivity index is 1.84. The van der Waals surface area contributed by atoms with Crippen LogP contribution in [-0.4, -0.2) is 0 Å². The highest BCUT2D eigenvalue weighted by molar-refractivity contribution is 9.10. The average molecular weight is 280 g/mol. The van der Waals surface area contributed by atoms with Crippen molar-refractivity contribution >= 4 is 15.9 Å². The zero-order valence-corrected chi connectivity index (χ0v) is 11.1. The summed E-state index contributed by atoms with van der Waals surface area (Å²) < 4.78 is 1.21. The quantitative estimate of drug-likeness (QED) is 0.814. The van der Waals surface area contributed by atoms with Crippen molar-refractivity contribution in [2.75, 3.05) is 0 Å². The second-order valence-corrected chi connectivity index (χ2v) is 6.02. The Morgan fingerprint density at radius 2 is 1.94 bits per heavy atom. The van der Waals surface area contributed by atoms with Gasteiger partial charge < -0.3 is 5.32 Å². The first-order valence-electron chi connectivity index (χ1n) is 6.36. The summed E-state index contributed by atoms with van der Waals surface area (Å²) in [7, 11) is 0. The molecule has 2 heteroatoms. The number of rotatable bonds is 1. The maximum Gasteiger partial charge on any atom is 0.0354 e. The lowest BCUT2D eigenvalue weighted by Crippen LogP contribution is -2.23. The van der Waals surface area contributed by atoms with E-state index < -0.39 is 0 Å². The van der Waals surface area contributed by atoms with Gasteiger partial charge in [0.15, 0.2) is 0 Å². The topological polar surface area (TPSA) is 12.0 Å². The number of halogens is 1. The lowest BCUT2D eigenvalue weighted by Gasteiger charge is -2.28. The summed E-state index contributed by atoms with van der Waals surface area (Å²) in [5.41, 5.74) is 3.04. The molecule has 0 spiro atoms. The number of benzene rings is 1. The van der Waals surface area contributed by atoms with Crippen LogP contribution in [0.15, 0.2) is 22.7 Å². The van der Waals surface area contributed by atoms with Gasteiger partial charge >= 0.3 is 0 Å². The van der Waals surface area contributed by atoms with Crippen molar-refractivity contribution in [3.63, 3.8) is 0 Å².